The number of aromatic carboxylic acids is 1. The van der Waals surface area contributed by atoms with E-state index in [1.807, 2.05) is 0 Å². The fourth-order valence-corrected chi connectivity index (χ4v) is 1.83. The molecule has 0 aliphatic carbocycles. The van der Waals surface area contributed by atoms with Crippen LogP contribution in [0.2, 0.25) is 0 Å². The first-order chi connectivity index (χ1) is 10.0. The molecular formula is C16H19NO4. The number of ether oxygens (including phenoxy) is 1. The highest BCUT2D eigenvalue weighted by Gasteiger charge is 2.16. The number of aryl methyl sites for hydroxylation is 1. The monoisotopic (exact) mass is 289 g/mol. The van der Waals surface area contributed by atoms with Gasteiger partial charge in [-0.1, -0.05) is 24.3 Å². The van der Waals surface area contributed by atoms with Crippen molar-refractivity contribution in [3.8, 4) is 5.75 Å². The van der Waals surface area contributed by atoms with E-state index >= 15 is 0 Å². The van der Waals surface area contributed by atoms with E-state index < -0.39 is 5.97 Å². The van der Waals surface area contributed by atoms with Gasteiger partial charge in [0.05, 0.1) is 0 Å². The number of hydrogen-bond acceptors (Lipinski definition) is 3. The molecule has 1 aromatic carbocycles. The van der Waals surface area contributed by atoms with Crippen molar-refractivity contribution in [1.82, 2.24) is 4.90 Å². The first-order valence-electron chi connectivity index (χ1n) is 6.46. The summed E-state index contributed by atoms with van der Waals surface area (Å²) in [5.41, 5.74) is 0.712. The molecule has 1 aromatic rings. The summed E-state index contributed by atoms with van der Waals surface area (Å²) >= 11 is 0. The Balaban J connectivity index is 2.83. The fraction of sp³-hybridized carbons (Fsp3) is 0.250. The van der Waals surface area contributed by atoms with Gasteiger partial charge in [0, 0.05) is 13.1 Å². The molecule has 0 aliphatic heterocycles. The first kappa shape index (κ1) is 16.5. The first-order valence-corrected chi connectivity index (χ1v) is 6.46. The Morgan fingerprint density at radius 2 is 1.90 bits per heavy atom. The number of rotatable bonds is 8. The van der Waals surface area contributed by atoms with Crippen LogP contribution in [0, 0.1) is 6.92 Å². The number of carboxylic acids is 1. The van der Waals surface area contributed by atoms with Crippen LogP contribution in [0.15, 0.2) is 43.5 Å². The molecule has 0 spiro atoms. The summed E-state index contributed by atoms with van der Waals surface area (Å²) in [5, 5.41) is 9.13. The molecule has 0 radical (unpaired) electrons. The lowest BCUT2D eigenvalue weighted by Crippen LogP contribution is -2.35. The van der Waals surface area contributed by atoms with Gasteiger partial charge in [0.1, 0.15) is 11.3 Å². The molecule has 112 valence electrons. The third kappa shape index (κ3) is 4.49. The number of carboxylic acid groups (broad SMARTS) is 1. The van der Waals surface area contributed by atoms with E-state index in [9.17, 15) is 9.59 Å². The molecule has 1 N–H and O–H groups in total. The molecule has 0 heterocycles. The largest absolute Gasteiger partial charge is 0.483 e. The second-order valence-electron chi connectivity index (χ2n) is 4.42. The van der Waals surface area contributed by atoms with Crippen LogP contribution >= 0.6 is 0 Å². The van der Waals surface area contributed by atoms with Crippen LogP contribution in [0.4, 0.5) is 0 Å². The molecule has 21 heavy (non-hydrogen) atoms. The summed E-state index contributed by atoms with van der Waals surface area (Å²) < 4.78 is 5.42. The van der Waals surface area contributed by atoms with Crippen molar-refractivity contribution >= 4 is 11.9 Å². The molecule has 0 bridgehead atoms. The number of nitrogens with zero attached hydrogens (tertiary/aromatic N) is 1. The highest BCUT2D eigenvalue weighted by atomic mass is 16.5. The summed E-state index contributed by atoms with van der Waals surface area (Å²) in [4.78, 5) is 24.7. The highest BCUT2D eigenvalue weighted by Crippen LogP contribution is 2.23. The molecule has 0 aromatic heterocycles. The van der Waals surface area contributed by atoms with Crippen molar-refractivity contribution in [2.24, 2.45) is 0 Å². The highest BCUT2D eigenvalue weighted by molar-refractivity contribution is 5.91. The van der Waals surface area contributed by atoms with Crippen molar-refractivity contribution in [2.75, 3.05) is 19.7 Å². The van der Waals surface area contributed by atoms with Crippen molar-refractivity contribution < 1.29 is 19.4 Å². The van der Waals surface area contributed by atoms with Gasteiger partial charge in [-0.15, -0.1) is 13.2 Å². The molecule has 1 rings (SSSR count). The molecule has 0 fully saturated rings. The van der Waals surface area contributed by atoms with Gasteiger partial charge in [-0.2, -0.15) is 0 Å². The zero-order chi connectivity index (χ0) is 15.8. The third-order valence-electron chi connectivity index (χ3n) is 2.83. The van der Waals surface area contributed by atoms with E-state index in [4.69, 9.17) is 9.84 Å². The van der Waals surface area contributed by atoms with Crippen molar-refractivity contribution in [3.05, 3.63) is 54.6 Å². The molecule has 0 atom stereocenters. The topological polar surface area (TPSA) is 66.8 Å². The van der Waals surface area contributed by atoms with E-state index in [-0.39, 0.29) is 23.8 Å². The number of carbonyl (C=O) groups excluding carboxylic acids is 1. The number of carbonyl (C=O) groups is 2. The SMILES string of the molecule is C=CCN(CC=C)C(=O)COc1c(C)cccc1C(=O)O. The van der Waals surface area contributed by atoms with Gasteiger partial charge in [-0.25, -0.2) is 4.79 Å². The minimum Gasteiger partial charge on any atom is -0.483 e. The third-order valence-corrected chi connectivity index (χ3v) is 2.83. The van der Waals surface area contributed by atoms with Gasteiger partial charge < -0.3 is 14.7 Å². The number of hydrogen-bond donors (Lipinski definition) is 1. The number of para-hydroxylation sites is 1. The van der Waals surface area contributed by atoms with E-state index in [0.717, 1.165) is 0 Å². The number of benzene rings is 1. The average molecular weight is 289 g/mol. The predicted molar refractivity (Wildman–Crippen MR) is 80.6 cm³/mol. The summed E-state index contributed by atoms with van der Waals surface area (Å²) in [6.45, 7) is 9.45. The predicted octanol–water partition coefficient (Wildman–Crippen LogP) is 2.27. The minimum atomic E-state index is -1.09. The quantitative estimate of drug-likeness (QED) is 0.746. The Labute approximate surface area is 124 Å². The number of amides is 1. The van der Waals surface area contributed by atoms with Crippen LogP contribution in [0.25, 0.3) is 0 Å². The molecule has 0 aliphatic rings. The van der Waals surface area contributed by atoms with Crippen LogP contribution in [-0.4, -0.2) is 41.6 Å². The van der Waals surface area contributed by atoms with Gasteiger partial charge in [0.2, 0.25) is 0 Å². The van der Waals surface area contributed by atoms with Gasteiger partial charge in [0.25, 0.3) is 5.91 Å². The Morgan fingerprint density at radius 1 is 1.29 bits per heavy atom. The van der Waals surface area contributed by atoms with E-state index in [0.29, 0.717) is 18.7 Å². The van der Waals surface area contributed by atoms with Crippen LogP contribution in [0.3, 0.4) is 0 Å². The van der Waals surface area contributed by atoms with Crippen LogP contribution in [0.5, 0.6) is 5.75 Å². The maximum absolute atomic E-state index is 12.0. The summed E-state index contributed by atoms with van der Waals surface area (Å²) in [6, 6.07) is 4.81. The van der Waals surface area contributed by atoms with Crippen LogP contribution in [-0.2, 0) is 4.79 Å². The second kappa shape index (κ2) is 7.89. The Bertz CT molecular complexity index is 541. The van der Waals surface area contributed by atoms with Gasteiger partial charge in [-0.3, -0.25) is 4.79 Å². The molecule has 5 nitrogen and oxygen atoms in total. The zero-order valence-corrected chi connectivity index (χ0v) is 12.0. The lowest BCUT2D eigenvalue weighted by atomic mass is 10.1. The summed E-state index contributed by atoms with van der Waals surface area (Å²) in [6.07, 6.45) is 3.22. The van der Waals surface area contributed by atoms with Crippen molar-refractivity contribution in [1.29, 1.82) is 0 Å². The Kier molecular flexibility index (Phi) is 6.20. The molecular weight excluding hydrogens is 270 g/mol. The maximum Gasteiger partial charge on any atom is 0.339 e. The standard InChI is InChI=1S/C16H19NO4/c1-4-9-17(10-5-2)14(18)11-21-15-12(3)7-6-8-13(15)16(19)20/h4-8H,1-2,9-11H2,3H3,(H,19,20). The summed E-state index contributed by atoms with van der Waals surface area (Å²) in [7, 11) is 0. The van der Waals surface area contributed by atoms with Crippen molar-refractivity contribution in [3.63, 3.8) is 0 Å². The molecule has 5 heteroatoms. The van der Waals surface area contributed by atoms with E-state index in [2.05, 4.69) is 13.2 Å². The lowest BCUT2D eigenvalue weighted by molar-refractivity contribution is -0.132. The molecule has 0 saturated heterocycles. The summed E-state index contributed by atoms with van der Waals surface area (Å²) in [5.74, 6) is -1.12. The molecule has 1 amide bonds. The molecule has 0 unspecified atom stereocenters. The molecule has 0 saturated carbocycles. The smallest absolute Gasteiger partial charge is 0.339 e. The Hall–Kier alpha value is -2.56. The van der Waals surface area contributed by atoms with Crippen LogP contribution < -0.4 is 4.74 Å². The fourth-order valence-electron chi connectivity index (χ4n) is 1.83. The zero-order valence-electron chi connectivity index (χ0n) is 12.0. The van der Waals surface area contributed by atoms with Gasteiger partial charge in [0.15, 0.2) is 6.61 Å². The van der Waals surface area contributed by atoms with Gasteiger partial charge >= 0.3 is 5.97 Å². The van der Waals surface area contributed by atoms with E-state index in [1.54, 1.807) is 31.2 Å². The lowest BCUT2D eigenvalue weighted by Gasteiger charge is -2.20. The Morgan fingerprint density at radius 3 is 2.43 bits per heavy atom. The van der Waals surface area contributed by atoms with E-state index in [1.165, 1.54) is 11.0 Å². The average Bonchev–Trinajstić information content (AvgIpc) is 2.45. The normalized spacial score (nSPS) is 9.76. The van der Waals surface area contributed by atoms with Crippen molar-refractivity contribution in [2.45, 2.75) is 6.92 Å². The van der Waals surface area contributed by atoms with Gasteiger partial charge in [-0.05, 0) is 18.6 Å². The van der Waals surface area contributed by atoms with Crippen LogP contribution in [0.1, 0.15) is 15.9 Å². The second-order valence-corrected chi connectivity index (χ2v) is 4.42. The maximum atomic E-state index is 12.0. The minimum absolute atomic E-state index is 0.0433.